The molecule has 0 spiro atoms. The van der Waals surface area contributed by atoms with Gasteiger partial charge in [-0.25, -0.2) is 0 Å². The molecule has 0 aromatic heterocycles. The van der Waals surface area contributed by atoms with Crippen molar-refractivity contribution in [3.8, 4) is 11.1 Å². The molecule has 4 rings (SSSR count). The van der Waals surface area contributed by atoms with Crippen molar-refractivity contribution in [3.05, 3.63) is 59.2 Å². The van der Waals surface area contributed by atoms with Gasteiger partial charge in [-0.15, -0.1) is 0 Å². The Morgan fingerprint density at radius 1 is 0.952 bits per heavy atom. The molecule has 0 unspecified atom stereocenters. The van der Waals surface area contributed by atoms with Gasteiger partial charge >= 0.3 is 0 Å². The van der Waals surface area contributed by atoms with E-state index in [9.17, 15) is 4.79 Å². The molecule has 0 saturated heterocycles. The fraction of sp³-hybridized carbons (Fsp3) is 0.316. The van der Waals surface area contributed by atoms with Crippen LogP contribution in [0.2, 0.25) is 0 Å². The van der Waals surface area contributed by atoms with Crippen LogP contribution < -0.4 is 5.32 Å². The van der Waals surface area contributed by atoms with Crippen LogP contribution in [0.25, 0.3) is 11.1 Å². The predicted octanol–water partition coefficient (Wildman–Crippen LogP) is 3.93. The molecular formula is C19H19NO. The van der Waals surface area contributed by atoms with Gasteiger partial charge in [0.1, 0.15) is 0 Å². The maximum atomic E-state index is 12.4. The summed E-state index contributed by atoms with van der Waals surface area (Å²) in [5.41, 5.74) is 6.03. The van der Waals surface area contributed by atoms with Crippen LogP contribution in [0.5, 0.6) is 0 Å². The van der Waals surface area contributed by atoms with Crippen LogP contribution in [0.3, 0.4) is 0 Å². The second-order valence-electron chi connectivity index (χ2n) is 6.16. The van der Waals surface area contributed by atoms with Crippen molar-refractivity contribution in [3.63, 3.8) is 0 Å². The van der Waals surface area contributed by atoms with E-state index in [1.165, 1.54) is 35.1 Å². The molecule has 0 heterocycles. The van der Waals surface area contributed by atoms with Gasteiger partial charge < -0.3 is 5.32 Å². The van der Waals surface area contributed by atoms with Gasteiger partial charge in [0.25, 0.3) is 5.91 Å². The number of amides is 1. The van der Waals surface area contributed by atoms with Crippen LogP contribution in [0, 0.1) is 0 Å². The summed E-state index contributed by atoms with van der Waals surface area (Å²) in [4.78, 5) is 12.4. The molecule has 2 aliphatic carbocycles. The molecule has 2 aliphatic rings. The van der Waals surface area contributed by atoms with Crippen LogP contribution in [0.15, 0.2) is 42.5 Å². The number of rotatable bonds is 2. The second kappa shape index (κ2) is 5.03. The number of carbonyl (C=O) groups is 1. The topological polar surface area (TPSA) is 29.1 Å². The van der Waals surface area contributed by atoms with Gasteiger partial charge in [0.2, 0.25) is 0 Å². The van der Waals surface area contributed by atoms with E-state index < -0.39 is 0 Å². The minimum absolute atomic E-state index is 0.0839. The van der Waals surface area contributed by atoms with Crippen molar-refractivity contribution < 1.29 is 4.79 Å². The van der Waals surface area contributed by atoms with Crippen molar-refractivity contribution in [2.24, 2.45) is 0 Å². The standard InChI is InChI=1S/C19H19NO/c21-19(20-16-6-2-3-7-16)14-9-10-18-15(12-14)11-13-5-1-4-8-17(13)18/h1,4-5,8-10,12,16H,2-3,6-7,11H2,(H,20,21). The monoisotopic (exact) mass is 277 g/mol. The van der Waals surface area contributed by atoms with E-state index in [1.54, 1.807) is 0 Å². The van der Waals surface area contributed by atoms with Crippen molar-refractivity contribution in [1.29, 1.82) is 0 Å². The lowest BCUT2D eigenvalue weighted by molar-refractivity contribution is 0.0938. The van der Waals surface area contributed by atoms with E-state index >= 15 is 0 Å². The van der Waals surface area contributed by atoms with Gasteiger partial charge in [0.15, 0.2) is 0 Å². The third kappa shape index (κ3) is 2.25. The molecule has 0 bridgehead atoms. The maximum absolute atomic E-state index is 12.4. The molecule has 1 fully saturated rings. The molecular weight excluding hydrogens is 258 g/mol. The smallest absolute Gasteiger partial charge is 0.251 e. The fourth-order valence-corrected chi connectivity index (χ4v) is 3.63. The van der Waals surface area contributed by atoms with Crippen molar-refractivity contribution in [2.45, 2.75) is 38.1 Å². The van der Waals surface area contributed by atoms with Gasteiger partial charge in [-0.3, -0.25) is 4.79 Å². The minimum Gasteiger partial charge on any atom is -0.349 e. The molecule has 2 nitrogen and oxygen atoms in total. The highest BCUT2D eigenvalue weighted by Crippen LogP contribution is 2.36. The van der Waals surface area contributed by atoms with Crippen LogP contribution in [0.1, 0.15) is 47.2 Å². The summed E-state index contributed by atoms with van der Waals surface area (Å²) < 4.78 is 0. The van der Waals surface area contributed by atoms with Crippen LogP contribution in [-0.4, -0.2) is 11.9 Å². The van der Waals surface area contributed by atoms with Gasteiger partial charge in [0.05, 0.1) is 0 Å². The third-order valence-corrected chi connectivity index (χ3v) is 4.75. The Hall–Kier alpha value is -2.09. The number of fused-ring (bicyclic) bond motifs is 3. The molecule has 2 heteroatoms. The van der Waals surface area contributed by atoms with Crippen molar-refractivity contribution >= 4 is 5.91 Å². The molecule has 0 atom stereocenters. The number of nitrogens with one attached hydrogen (secondary N) is 1. The first-order valence-electron chi connectivity index (χ1n) is 7.83. The summed E-state index contributed by atoms with van der Waals surface area (Å²) in [6.45, 7) is 0. The van der Waals surface area contributed by atoms with E-state index in [0.29, 0.717) is 6.04 Å². The molecule has 2 aromatic carbocycles. The first-order valence-corrected chi connectivity index (χ1v) is 7.83. The molecule has 0 aliphatic heterocycles. The number of benzene rings is 2. The lowest BCUT2D eigenvalue weighted by Crippen LogP contribution is -2.32. The van der Waals surface area contributed by atoms with Gasteiger partial charge in [-0.05, 0) is 53.6 Å². The summed E-state index contributed by atoms with van der Waals surface area (Å²) in [6.07, 6.45) is 5.68. The largest absolute Gasteiger partial charge is 0.349 e. The third-order valence-electron chi connectivity index (χ3n) is 4.75. The highest BCUT2D eigenvalue weighted by molar-refractivity contribution is 5.96. The first kappa shape index (κ1) is 12.6. The number of hydrogen-bond acceptors (Lipinski definition) is 1. The van der Waals surface area contributed by atoms with E-state index in [1.807, 2.05) is 6.07 Å². The Kier molecular flexibility index (Phi) is 3.03. The maximum Gasteiger partial charge on any atom is 0.251 e. The number of hydrogen-bond donors (Lipinski definition) is 1. The molecule has 2 aromatic rings. The molecule has 1 amide bonds. The Morgan fingerprint density at radius 3 is 2.57 bits per heavy atom. The summed E-state index contributed by atoms with van der Waals surface area (Å²) in [7, 11) is 0. The summed E-state index contributed by atoms with van der Waals surface area (Å²) >= 11 is 0. The predicted molar refractivity (Wildman–Crippen MR) is 84.4 cm³/mol. The minimum atomic E-state index is 0.0839. The van der Waals surface area contributed by atoms with Crippen molar-refractivity contribution in [1.82, 2.24) is 5.32 Å². The zero-order chi connectivity index (χ0) is 14.2. The Labute approximate surface area is 125 Å². The lowest BCUT2D eigenvalue weighted by atomic mass is 10.0. The Balaban J connectivity index is 1.59. The Bertz CT molecular complexity index is 698. The zero-order valence-electron chi connectivity index (χ0n) is 12.1. The van der Waals surface area contributed by atoms with E-state index in [-0.39, 0.29) is 5.91 Å². The second-order valence-corrected chi connectivity index (χ2v) is 6.16. The van der Waals surface area contributed by atoms with Crippen LogP contribution >= 0.6 is 0 Å². The Morgan fingerprint density at radius 2 is 1.71 bits per heavy atom. The molecule has 1 saturated carbocycles. The van der Waals surface area contributed by atoms with Gasteiger partial charge in [0, 0.05) is 11.6 Å². The highest BCUT2D eigenvalue weighted by Gasteiger charge is 2.21. The van der Waals surface area contributed by atoms with E-state index in [2.05, 4.69) is 41.7 Å². The molecule has 106 valence electrons. The summed E-state index contributed by atoms with van der Waals surface area (Å²) in [5.74, 6) is 0.0839. The SMILES string of the molecule is O=C(NC1CCCC1)c1ccc2c(c1)Cc1ccccc1-2. The quantitative estimate of drug-likeness (QED) is 0.755. The fourth-order valence-electron chi connectivity index (χ4n) is 3.63. The molecule has 0 radical (unpaired) electrons. The van der Waals surface area contributed by atoms with Crippen LogP contribution in [-0.2, 0) is 6.42 Å². The van der Waals surface area contributed by atoms with Crippen LogP contribution in [0.4, 0.5) is 0 Å². The normalized spacial score (nSPS) is 16.6. The van der Waals surface area contributed by atoms with Gasteiger partial charge in [-0.2, -0.15) is 0 Å². The first-order chi connectivity index (χ1) is 10.3. The lowest BCUT2D eigenvalue weighted by Gasteiger charge is -2.12. The van der Waals surface area contributed by atoms with Crippen molar-refractivity contribution in [2.75, 3.05) is 0 Å². The average Bonchev–Trinajstić information content (AvgIpc) is 3.13. The van der Waals surface area contributed by atoms with E-state index in [0.717, 1.165) is 24.8 Å². The average molecular weight is 277 g/mol. The van der Waals surface area contributed by atoms with E-state index in [4.69, 9.17) is 0 Å². The molecule has 21 heavy (non-hydrogen) atoms. The van der Waals surface area contributed by atoms with Gasteiger partial charge in [-0.1, -0.05) is 43.2 Å². The zero-order valence-corrected chi connectivity index (χ0v) is 12.1. The highest BCUT2D eigenvalue weighted by atomic mass is 16.1. The summed E-state index contributed by atoms with van der Waals surface area (Å²) in [6, 6.07) is 15.0. The summed E-state index contributed by atoms with van der Waals surface area (Å²) in [5, 5.41) is 3.17. The molecule has 1 N–H and O–H groups in total. The number of carbonyl (C=O) groups excluding carboxylic acids is 1.